The van der Waals surface area contributed by atoms with Crippen molar-refractivity contribution in [3.8, 4) is 0 Å². The number of aliphatic imine (C=N–C) groups is 1. The van der Waals surface area contributed by atoms with E-state index in [0.29, 0.717) is 12.5 Å². The highest BCUT2D eigenvalue weighted by Crippen LogP contribution is 2.38. The molecule has 0 N–H and O–H groups in total. The Morgan fingerprint density at radius 3 is 2.37 bits per heavy atom. The molecule has 3 unspecified atom stereocenters. The van der Waals surface area contributed by atoms with Crippen molar-refractivity contribution in [2.24, 2.45) is 16.8 Å². The highest BCUT2D eigenvalue weighted by molar-refractivity contribution is 5.78. The summed E-state index contributed by atoms with van der Waals surface area (Å²) in [6, 6.07) is 7.14. The van der Waals surface area contributed by atoms with Crippen LogP contribution < -0.4 is 0 Å². The summed E-state index contributed by atoms with van der Waals surface area (Å²) >= 11 is 0. The summed E-state index contributed by atoms with van der Waals surface area (Å²) in [6.45, 7) is 27.1. The zero-order chi connectivity index (χ0) is 26.4. The molecule has 3 nitrogen and oxygen atoms in total. The third-order valence-electron chi connectivity index (χ3n) is 6.82. The maximum absolute atomic E-state index is 14.9. The molecular weight excluding hydrogens is 433 g/mol. The molecule has 0 amide bonds. The highest BCUT2D eigenvalue weighted by Gasteiger charge is 2.33. The maximum Gasteiger partial charge on any atom is 0.128 e. The van der Waals surface area contributed by atoms with Gasteiger partial charge in [0.05, 0.1) is 18.0 Å². The fourth-order valence-corrected chi connectivity index (χ4v) is 4.94. The average Bonchev–Trinajstić information content (AvgIpc) is 3.11. The van der Waals surface area contributed by atoms with Crippen LogP contribution in [0.5, 0.6) is 0 Å². The normalized spacial score (nSPS) is 22.9. The van der Waals surface area contributed by atoms with Gasteiger partial charge in [-0.05, 0) is 44.6 Å². The van der Waals surface area contributed by atoms with Gasteiger partial charge in [0.15, 0.2) is 0 Å². The Morgan fingerprint density at radius 1 is 1.06 bits per heavy atom. The van der Waals surface area contributed by atoms with E-state index in [4.69, 9.17) is 0 Å². The molecule has 3 atom stereocenters. The standard InChI is InChI=1S/C27H38FN3.C2H6.C2H4/c1-6-24(18-29-20(2)3)30-16-17-31(22(5)23-11-9-10-21(4)14-15-23)27(19-30)25-12-7-8-13-26(25)28;2*1-2/h6-8,12-13,18,21,23,27H,2,5,9-11,14-17,19H2,1,3-4H3;1-2H3;1-2H2/b24-6+,29-18?;;. The largest absolute Gasteiger partial charge is 0.366 e. The summed E-state index contributed by atoms with van der Waals surface area (Å²) in [5, 5.41) is 0. The smallest absolute Gasteiger partial charge is 0.128 e. The van der Waals surface area contributed by atoms with Gasteiger partial charge in [0, 0.05) is 36.6 Å². The Morgan fingerprint density at radius 2 is 1.74 bits per heavy atom. The molecule has 4 heteroatoms. The van der Waals surface area contributed by atoms with Crippen LogP contribution in [0.1, 0.15) is 78.3 Å². The van der Waals surface area contributed by atoms with E-state index in [1.54, 1.807) is 12.1 Å². The van der Waals surface area contributed by atoms with Crippen LogP contribution in [-0.2, 0) is 0 Å². The molecule has 3 rings (SSSR count). The van der Waals surface area contributed by atoms with Crippen LogP contribution in [0.2, 0.25) is 0 Å². The van der Waals surface area contributed by atoms with Crippen molar-refractivity contribution in [1.82, 2.24) is 9.80 Å². The molecule has 0 radical (unpaired) electrons. The van der Waals surface area contributed by atoms with E-state index in [9.17, 15) is 4.39 Å². The van der Waals surface area contributed by atoms with Crippen LogP contribution >= 0.6 is 0 Å². The quantitative estimate of drug-likeness (QED) is 0.230. The molecule has 194 valence electrons. The van der Waals surface area contributed by atoms with Crippen LogP contribution in [0, 0.1) is 17.7 Å². The minimum absolute atomic E-state index is 0.0590. The number of hydrogen-bond donors (Lipinski definition) is 0. The number of allylic oxidation sites excluding steroid dienone is 4. The molecule has 1 saturated heterocycles. The number of piperazine rings is 1. The van der Waals surface area contributed by atoms with Gasteiger partial charge in [-0.1, -0.05) is 77.5 Å². The number of hydrogen-bond acceptors (Lipinski definition) is 3. The van der Waals surface area contributed by atoms with Crippen molar-refractivity contribution < 1.29 is 4.39 Å². The molecule has 1 saturated carbocycles. The maximum atomic E-state index is 14.9. The average molecular weight is 482 g/mol. The van der Waals surface area contributed by atoms with E-state index in [0.717, 1.165) is 36.0 Å². The van der Waals surface area contributed by atoms with E-state index in [1.807, 2.05) is 46.0 Å². The summed E-state index contributed by atoms with van der Waals surface area (Å²) in [7, 11) is 0. The predicted octanol–water partition coefficient (Wildman–Crippen LogP) is 8.55. The second-order valence-electron chi connectivity index (χ2n) is 9.19. The van der Waals surface area contributed by atoms with Gasteiger partial charge in [-0.15, -0.1) is 13.2 Å². The Kier molecular flexibility index (Phi) is 14.0. The second kappa shape index (κ2) is 16.1. The predicted molar refractivity (Wildman–Crippen MR) is 152 cm³/mol. The first-order valence-electron chi connectivity index (χ1n) is 13.2. The molecule has 0 spiro atoms. The first-order valence-corrected chi connectivity index (χ1v) is 13.2. The first kappa shape index (κ1) is 30.4. The molecule has 1 aliphatic heterocycles. The molecule has 0 bridgehead atoms. The van der Waals surface area contributed by atoms with Gasteiger partial charge in [0.1, 0.15) is 5.82 Å². The van der Waals surface area contributed by atoms with E-state index in [-0.39, 0.29) is 11.9 Å². The lowest BCUT2D eigenvalue weighted by Crippen LogP contribution is -2.48. The molecule has 2 aliphatic rings. The number of halogens is 1. The molecule has 0 aromatic heterocycles. The lowest BCUT2D eigenvalue weighted by molar-refractivity contribution is 0.114. The summed E-state index contributed by atoms with van der Waals surface area (Å²) in [5.41, 5.74) is 3.78. The SMILES string of the molecule is C=C.C=C(C)N=C/C(=C\C)N1CCN(C(=C)C2CCCC(C)CC2)C(c2ccccc2F)C1.CC. The molecule has 2 fully saturated rings. The van der Waals surface area contributed by atoms with E-state index in [2.05, 4.69) is 54.1 Å². The topological polar surface area (TPSA) is 18.8 Å². The van der Waals surface area contributed by atoms with Crippen molar-refractivity contribution in [3.63, 3.8) is 0 Å². The monoisotopic (exact) mass is 481 g/mol. The minimum atomic E-state index is -0.140. The van der Waals surface area contributed by atoms with Gasteiger partial charge in [-0.2, -0.15) is 0 Å². The van der Waals surface area contributed by atoms with E-state index < -0.39 is 0 Å². The van der Waals surface area contributed by atoms with Crippen LogP contribution in [0.25, 0.3) is 0 Å². The third kappa shape index (κ3) is 8.83. The Hall–Kier alpha value is -2.62. The van der Waals surface area contributed by atoms with Crippen molar-refractivity contribution in [1.29, 1.82) is 0 Å². The lowest BCUT2D eigenvalue weighted by Gasteiger charge is -2.46. The van der Waals surface area contributed by atoms with E-state index in [1.165, 1.54) is 37.8 Å². The summed E-state index contributed by atoms with van der Waals surface area (Å²) < 4.78 is 14.9. The van der Waals surface area contributed by atoms with Gasteiger partial charge < -0.3 is 9.80 Å². The number of rotatable bonds is 6. The number of nitrogens with zero attached hydrogens (tertiary/aromatic N) is 3. The van der Waals surface area contributed by atoms with E-state index >= 15 is 0 Å². The summed E-state index contributed by atoms with van der Waals surface area (Å²) in [5.74, 6) is 1.15. The van der Waals surface area contributed by atoms with Crippen molar-refractivity contribution >= 4 is 6.21 Å². The highest BCUT2D eigenvalue weighted by atomic mass is 19.1. The van der Waals surface area contributed by atoms with Gasteiger partial charge in [-0.25, -0.2) is 4.39 Å². The zero-order valence-corrected chi connectivity index (χ0v) is 22.9. The minimum Gasteiger partial charge on any atom is -0.366 e. The second-order valence-corrected chi connectivity index (χ2v) is 9.19. The number of benzene rings is 1. The third-order valence-corrected chi connectivity index (χ3v) is 6.82. The van der Waals surface area contributed by atoms with Crippen molar-refractivity contribution in [3.05, 3.63) is 85.1 Å². The van der Waals surface area contributed by atoms with Gasteiger partial charge >= 0.3 is 0 Å². The Labute approximate surface area is 214 Å². The van der Waals surface area contributed by atoms with Crippen molar-refractivity contribution in [2.75, 3.05) is 19.6 Å². The van der Waals surface area contributed by atoms with Crippen LogP contribution in [0.3, 0.4) is 0 Å². The molecule has 1 heterocycles. The first-order chi connectivity index (χ1) is 16.9. The molecule has 35 heavy (non-hydrogen) atoms. The summed E-state index contributed by atoms with van der Waals surface area (Å²) in [6.07, 6.45) is 10.2. The zero-order valence-electron chi connectivity index (χ0n) is 22.9. The van der Waals surface area contributed by atoms with Crippen LogP contribution in [-0.4, -0.2) is 35.6 Å². The fourth-order valence-electron chi connectivity index (χ4n) is 4.94. The van der Waals surface area contributed by atoms with Crippen LogP contribution in [0.15, 0.2) is 78.7 Å². The molecule has 1 aliphatic carbocycles. The van der Waals surface area contributed by atoms with Gasteiger partial charge in [0.25, 0.3) is 0 Å². The Bertz CT molecular complexity index is 857. The van der Waals surface area contributed by atoms with Gasteiger partial charge in [0.2, 0.25) is 0 Å². The Balaban J connectivity index is 0.00000145. The van der Waals surface area contributed by atoms with Crippen LogP contribution in [0.4, 0.5) is 4.39 Å². The lowest BCUT2D eigenvalue weighted by atomic mass is 9.92. The molecular formula is C31H48FN3. The van der Waals surface area contributed by atoms with Gasteiger partial charge in [-0.3, -0.25) is 4.99 Å². The summed E-state index contributed by atoms with van der Waals surface area (Å²) in [4.78, 5) is 9.09. The molecule has 1 aromatic rings. The van der Waals surface area contributed by atoms with Crippen molar-refractivity contribution in [2.45, 2.75) is 72.8 Å². The molecule has 1 aromatic carbocycles. The fraction of sp³-hybridized carbons (Fsp3) is 0.516.